The van der Waals surface area contributed by atoms with Crippen molar-refractivity contribution < 1.29 is 31.1 Å². The van der Waals surface area contributed by atoms with Gasteiger partial charge in [-0.3, -0.25) is 4.90 Å². The van der Waals surface area contributed by atoms with Gasteiger partial charge in [-0.1, -0.05) is 42.2 Å². The fraction of sp³-hybridized carbons (Fsp3) is 0.462. The highest BCUT2D eigenvalue weighted by Gasteiger charge is 2.55. The van der Waals surface area contributed by atoms with Gasteiger partial charge < -0.3 is 4.74 Å². The van der Waals surface area contributed by atoms with Gasteiger partial charge in [-0.25, -0.2) is 0 Å². The van der Waals surface area contributed by atoms with E-state index in [9.17, 15) is 26.3 Å². The highest BCUT2D eigenvalue weighted by atomic mass is 35.5. The van der Waals surface area contributed by atoms with E-state index in [1.165, 1.54) is 0 Å². The maximum absolute atomic E-state index is 13.3. The summed E-state index contributed by atoms with van der Waals surface area (Å²) in [4.78, 5) is 2.27. The Morgan fingerprint density at radius 1 is 0.914 bits per heavy atom. The summed E-state index contributed by atoms with van der Waals surface area (Å²) >= 11 is 5.72. The Morgan fingerprint density at radius 2 is 1.57 bits per heavy atom. The minimum atomic E-state index is -4.90. The van der Waals surface area contributed by atoms with Crippen LogP contribution in [0, 0.1) is 11.8 Å². The van der Waals surface area contributed by atoms with E-state index >= 15 is 0 Å². The van der Waals surface area contributed by atoms with Crippen LogP contribution >= 0.6 is 11.6 Å². The fourth-order valence-electron chi connectivity index (χ4n) is 5.44. The second kappa shape index (κ2) is 10.0. The predicted octanol–water partition coefficient (Wildman–Crippen LogP) is 7.01. The molecule has 0 N–H and O–H groups in total. The summed E-state index contributed by atoms with van der Waals surface area (Å²) in [6.45, 7) is 0.0893. The summed E-state index contributed by atoms with van der Waals surface area (Å²) < 4.78 is 86.0. The molecule has 2 aliphatic rings. The Bertz CT molecular complexity index is 1060. The van der Waals surface area contributed by atoms with Gasteiger partial charge in [-0.2, -0.15) is 26.3 Å². The quantitative estimate of drug-likeness (QED) is 0.241. The SMILES string of the molecule is FC(F)(F)c1cc(COC2CCC3CCC2(c2ccccc2)N3CC#CCCl)cc(C(F)(F)F)c1. The zero-order chi connectivity index (χ0) is 25.3. The Morgan fingerprint density at radius 3 is 2.17 bits per heavy atom. The van der Waals surface area contributed by atoms with E-state index in [0.717, 1.165) is 37.0 Å². The molecule has 3 unspecified atom stereocenters. The summed E-state index contributed by atoms with van der Waals surface area (Å²) in [5, 5.41) is 0. The number of nitrogens with zero attached hydrogens (tertiary/aromatic N) is 1. The third-order valence-electron chi connectivity index (χ3n) is 6.92. The molecule has 0 amide bonds. The number of ether oxygens (including phenoxy) is 1. The van der Waals surface area contributed by atoms with E-state index in [1.54, 1.807) is 0 Å². The van der Waals surface area contributed by atoms with Crippen molar-refractivity contribution in [2.24, 2.45) is 0 Å². The first-order valence-electron chi connectivity index (χ1n) is 11.3. The maximum atomic E-state index is 13.3. The topological polar surface area (TPSA) is 12.5 Å². The summed E-state index contributed by atoms with van der Waals surface area (Å²) in [6.07, 6.45) is -7.12. The van der Waals surface area contributed by atoms with Crippen molar-refractivity contribution in [3.63, 3.8) is 0 Å². The van der Waals surface area contributed by atoms with Crippen LogP contribution in [0.5, 0.6) is 0 Å². The number of fused-ring (bicyclic) bond motifs is 2. The molecule has 2 fully saturated rings. The van der Waals surface area contributed by atoms with Crippen LogP contribution in [0.25, 0.3) is 0 Å². The van der Waals surface area contributed by atoms with Gasteiger partial charge in [0.1, 0.15) is 0 Å². The van der Waals surface area contributed by atoms with Gasteiger partial charge in [-0.05, 0) is 55.0 Å². The lowest BCUT2D eigenvalue weighted by Crippen LogP contribution is -2.57. The molecule has 0 aromatic heterocycles. The Kier molecular flexibility index (Phi) is 7.42. The molecule has 2 aliphatic heterocycles. The number of rotatable bonds is 5. The predicted molar refractivity (Wildman–Crippen MR) is 121 cm³/mol. The van der Waals surface area contributed by atoms with Gasteiger partial charge in [0.2, 0.25) is 0 Å². The molecular weight excluding hydrogens is 492 g/mol. The van der Waals surface area contributed by atoms with Crippen LogP contribution in [0.3, 0.4) is 0 Å². The molecule has 0 saturated carbocycles. The lowest BCUT2D eigenvalue weighted by Gasteiger charge is -2.49. The van der Waals surface area contributed by atoms with E-state index in [4.69, 9.17) is 16.3 Å². The molecule has 0 radical (unpaired) electrons. The highest BCUT2D eigenvalue weighted by Crippen LogP contribution is 2.51. The average Bonchev–Trinajstić information content (AvgIpc) is 3.06. The van der Waals surface area contributed by atoms with Gasteiger partial charge in [-0.15, -0.1) is 11.6 Å². The molecule has 2 heterocycles. The van der Waals surface area contributed by atoms with Crippen molar-refractivity contribution >= 4 is 11.6 Å². The Balaban J connectivity index is 1.67. The number of benzene rings is 2. The second-order valence-electron chi connectivity index (χ2n) is 8.89. The van der Waals surface area contributed by atoms with Crippen molar-refractivity contribution in [3.8, 4) is 11.8 Å². The smallest absolute Gasteiger partial charge is 0.371 e. The molecule has 0 spiro atoms. The van der Waals surface area contributed by atoms with Gasteiger partial charge in [0.15, 0.2) is 0 Å². The minimum Gasteiger partial charge on any atom is -0.371 e. The summed E-state index contributed by atoms with van der Waals surface area (Å²) in [5.74, 6) is 6.15. The first kappa shape index (κ1) is 25.9. The first-order valence-corrected chi connectivity index (χ1v) is 11.8. The summed E-state index contributed by atoms with van der Waals surface area (Å²) in [7, 11) is 0. The number of halogens is 7. The second-order valence-corrected chi connectivity index (χ2v) is 9.16. The number of piperidine rings is 1. The van der Waals surface area contributed by atoms with Crippen LogP contribution in [0.2, 0.25) is 0 Å². The summed E-state index contributed by atoms with van der Waals surface area (Å²) in [6, 6.07) is 11.5. The van der Waals surface area contributed by atoms with Crippen molar-refractivity contribution in [1.29, 1.82) is 0 Å². The van der Waals surface area contributed by atoms with Crippen molar-refractivity contribution in [2.45, 2.75) is 62.3 Å². The average molecular weight is 516 g/mol. The molecule has 4 rings (SSSR count). The van der Waals surface area contributed by atoms with E-state index in [1.807, 2.05) is 30.3 Å². The first-order chi connectivity index (χ1) is 16.6. The third kappa shape index (κ3) is 5.32. The van der Waals surface area contributed by atoms with Crippen LogP contribution in [-0.2, 0) is 29.2 Å². The third-order valence-corrected chi connectivity index (χ3v) is 7.05. The molecule has 0 aliphatic carbocycles. The number of alkyl halides is 7. The molecule has 3 atom stereocenters. The molecule has 2 bridgehead atoms. The van der Waals surface area contributed by atoms with Crippen LogP contribution in [0.15, 0.2) is 48.5 Å². The molecular formula is C26H24ClF6NO. The molecule has 188 valence electrons. The monoisotopic (exact) mass is 515 g/mol. The molecule has 2 nitrogen and oxygen atoms in total. The van der Waals surface area contributed by atoms with Gasteiger partial charge in [0.05, 0.1) is 41.8 Å². The zero-order valence-corrected chi connectivity index (χ0v) is 19.5. The van der Waals surface area contributed by atoms with Crippen molar-refractivity contribution in [2.75, 3.05) is 12.4 Å². The lowest BCUT2D eigenvalue weighted by atomic mass is 9.79. The van der Waals surface area contributed by atoms with E-state index < -0.39 is 35.1 Å². The Hall–Kier alpha value is -2.21. The minimum absolute atomic E-state index is 0.133. The largest absolute Gasteiger partial charge is 0.416 e. The number of hydrogen-bond donors (Lipinski definition) is 0. The van der Waals surface area contributed by atoms with Gasteiger partial charge in [0, 0.05) is 6.04 Å². The Labute approximate surface area is 205 Å². The van der Waals surface area contributed by atoms with Gasteiger partial charge in [0.25, 0.3) is 0 Å². The van der Waals surface area contributed by atoms with Crippen LogP contribution in [0.4, 0.5) is 26.3 Å². The normalized spacial score (nSPS) is 24.8. The fourth-order valence-corrected chi connectivity index (χ4v) is 5.54. The number of hydrogen-bond acceptors (Lipinski definition) is 2. The van der Waals surface area contributed by atoms with Crippen molar-refractivity contribution in [3.05, 3.63) is 70.8 Å². The van der Waals surface area contributed by atoms with E-state index in [0.29, 0.717) is 13.0 Å². The van der Waals surface area contributed by atoms with Gasteiger partial charge >= 0.3 is 12.4 Å². The maximum Gasteiger partial charge on any atom is 0.416 e. The molecule has 9 heteroatoms. The highest BCUT2D eigenvalue weighted by molar-refractivity contribution is 6.19. The van der Waals surface area contributed by atoms with Crippen molar-refractivity contribution in [1.82, 2.24) is 4.90 Å². The van der Waals surface area contributed by atoms with E-state index in [2.05, 4.69) is 16.7 Å². The molecule has 35 heavy (non-hydrogen) atoms. The lowest BCUT2D eigenvalue weighted by molar-refractivity contribution is -0.143. The standard InChI is InChI=1S/C26H24ClF6NO/c27-12-4-5-13-34-22-8-9-23(24(34,11-10-22)19-6-2-1-3-7-19)35-17-18-14-20(25(28,29)30)16-21(15-18)26(31,32)33/h1-3,6-7,14-16,22-23H,8-13,17H2. The molecule has 2 aromatic rings. The zero-order valence-electron chi connectivity index (χ0n) is 18.7. The van der Waals surface area contributed by atoms with E-state index in [-0.39, 0.29) is 30.2 Å². The van der Waals surface area contributed by atoms with Crippen LogP contribution in [0.1, 0.15) is 47.9 Å². The molecule has 2 saturated heterocycles. The van der Waals surface area contributed by atoms with Crippen LogP contribution < -0.4 is 0 Å². The summed E-state index contributed by atoms with van der Waals surface area (Å²) in [5.41, 5.74) is -2.42. The van der Waals surface area contributed by atoms with Crippen LogP contribution in [-0.4, -0.2) is 29.5 Å². The molecule has 2 aromatic carbocycles.